The first-order valence-corrected chi connectivity index (χ1v) is 8.24. The third-order valence-corrected chi connectivity index (χ3v) is 3.54. The minimum atomic E-state index is -0.853. The van der Waals surface area contributed by atoms with Crippen molar-refractivity contribution in [2.24, 2.45) is 0 Å². The number of unbranched alkanes of at least 4 members (excludes halogenated alkanes) is 9. The third kappa shape index (κ3) is 13.4. The summed E-state index contributed by atoms with van der Waals surface area (Å²) in [5, 5.41) is 8.67. The molecule has 0 aromatic heterocycles. The van der Waals surface area contributed by atoms with E-state index in [4.69, 9.17) is 5.11 Å². The Labute approximate surface area is 125 Å². The van der Waals surface area contributed by atoms with E-state index < -0.39 is 5.97 Å². The molecule has 0 aliphatic heterocycles. The summed E-state index contributed by atoms with van der Waals surface area (Å²) in [5.41, 5.74) is 0.344. The summed E-state index contributed by atoms with van der Waals surface area (Å²) < 4.78 is 0. The molecule has 0 aromatic carbocycles. The second-order valence-electron chi connectivity index (χ2n) is 5.54. The van der Waals surface area contributed by atoms with Crippen LogP contribution in [-0.4, -0.2) is 11.1 Å². The van der Waals surface area contributed by atoms with Gasteiger partial charge in [-0.3, -0.25) is 0 Å². The Morgan fingerprint density at radius 2 is 1.40 bits per heavy atom. The maximum atomic E-state index is 10.5. The van der Waals surface area contributed by atoms with Crippen molar-refractivity contribution in [3.63, 3.8) is 0 Å². The molecule has 0 bridgehead atoms. The van der Waals surface area contributed by atoms with Gasteiger partial charge in [-0.2, -0.15) is 0 Å². The van der Waals surface area contributed by atoms with Crippen molar-refractivity contribution >= 4 is 5.97 Å². The quantitative estimate of drug-likeness (QED) is 0.245. The van der Waals surface area contributed by atoms with Crippen molar-refractivity contribution in [3.8, 4) is 0 Å². The number of hydrogen-bond donors (Lipinski definition) is 1. The molecule has 20 heavy (non-hydrogen) atoms. The normalized spacial score (nSPS) is 11.1. The summed E-state index contributed by atoms with van der Waals surface area (Å²) in [5.74, 6) is -0.853. The minimum absolute atomic E-state index is 0.344. The Morgan fingerprint density at radius 1 is 0.900 bits per heavy atom. The van der Waals surface area contributed by atoms with Crippen LogP contribution in [0.4, 0.5) is 0 Å². The van der Waals surface area contributed by atoms with Gasteiger partial charge in [0.2, 0.25) is 0 Å². The van der Waals surface area contributed by atoms with Crippen LogP contribution in [0.25, 0.3) is 0 Å². The van der Waals surface area contributed by atoms with Crippen LogP contribution in [0.5, 0.6) is 0 Å². The molecule has 0 aliphatic rings. The predicted molar refractivity (Wildman–Crippen MR) is 87.0 cm³/mol. The van der Waals surface area contributed by atoms with E-state index in [1.807, 2.05) is 0 Å². The number of allylic oxidation sites excluding steroid dienone is 2. The molecule has 2 heteroatoms. The van der Waals surface area contributed by atoms with E-state index >= 15 is 0 Å². The number of carboxylic acid groups (broad SMARTS) is 1. The van der Waals surface area contributed by atoms with Gasteiger partial charge in [-0.15, -0.1) is 0 Å². The fraction of sp³-hybridized carbons (Fsp3) is 0.722. The lowest BCUT2D eigenvalue weighted by Crippen LogP contribution is -1.98. The molecule has 0 unspecified atom stereocenters. The molecule has 0 heterocycles. The first-order chi connectivity index (χ1) is 9.68. The fourth-order valence-corrected chi connectivity index (χ4v) is 2.16. The maximum absolute atomic E-state index is 10.5. The van der Waals surface area contributed by atoms with Gasteiger partial charge in [0.25, 0.3) is 0 Å². The lowest BCUT2D eigenvalue weighted by atomic mass is 10.1. The van der Waals surface area contributed by atoms with Crippen molar-refractivity contribution in [2.45, 2.75) is 84.0 Å². The number of aliphatic carboxylic acids is 1. The van der Waals surface area contributed by atoms with Crippen LogP contribution < -0.4 is 0 Å². The van der Waals surface area contributed by atoms with Gasteiger partial charge in [0.05, 0.1) is 0 Å². The van der Waals surface area contributed by atoms with E-state index in [2.05, 4.69) is 25.7 Å². The first-order valence-electron chi connectivity index (χ1n) is 8.24. The van der Waals surface area contributed by atoms with Gasteiger partial charge in [0, 0.05) is 5.57 Å². The summed E-state index contributed by atoms with van der Waals surface area (Å²) >= 11 is 0. The zero-order valence-electron chi connectivity index (χ0n) is 13.2. The summed E-state index contributed by atoms with van der Waals surface area (Å²) in [6.45, 7) is 5.78. The van der Waals surface area contributed by atoms with Crippen LogP contribution >= 0.6 is 0 Å². The number of hydrogen-bond acceptors (Lipinski definition) is 1. The highest BCUT2D eigenvalue weighted by molar-refractivity contribution is 5.85. The molecular formula is C18H32O2. The zero-order valence-corrected chi connectivity index (χ0v) is 13.2. The van der Waals surface area contributed by atoms with Crippen LogP contribution in [0.15, 0.2) is 24.3 Å². The minimum Gasteiger partial charge on any atom is -0.478 e. The summed E-state index contributed by atoms with van der Waals surface area (Å²) in [6.07, 6.45) is 18.9. The molecule has 0 saturated carbocycles. The fourth-order valence-electron chi connectivity index (χ4n) is 2.16. The van der Waals surface area contributed by atoms with E-state index in [-0.39, 0.29) is 0 Å². The molecular weight excluding hydrogens is 248 g/mol. The van der Waals surface area contributed by atoms with Gasteiger partial charge in [-0.05, 0) is 38.5 Å². The third-order valence-electron chi connectivity index (χ3n) is 3.54. The Balaban J connectivity index is 3.18. The smallest absolute Gasteiger partial charge is 0.330 e. The van der Waals surface area contributed by atoms with Crippen LogP contribution in [0.1, 0.15) is 84.0 Å². The Kier molecular flexibility index (Phi) is 13.6. The molecule has 0 rings (SSSR count). The highest BCUT2D eigenvalue weighted by atomic mass is 16.4. The summed E-state index contributed by atoms with van der Waals surface area (Å²) in [7, 11) is 0. The standard InChI is InChI=1S/C18H32O2/c1-3-4-5-6-7-8-9-10-11-12-13-14-15-16-17(2)18(19)20/h8-9H,2-7,10-16H2,1H3,(H,19,20). The average molecular weight is 280 g/mol. The number of carbonyl (C=O) groups is 1. The van der Waals surface area contributed by atoms with Crippen LogP contribution in [0.3, 0.4) is 0 Å². The van der Waals surface area contributed by atoms with Gasteiger partial charge in [-0.25, -0.2) is 4.79 Å². The SMILES string of the molecule is C=C(CCCCCCCC=CCCCCCC)C(=O)O. The lowest BCUT2D eigenvalue weighted by molar-refractivity contribution is -0.132. The molecule has 0 radical (unpaired) electrons. The van der Waals surface area contributed by atoms with E-state index in [0.717, 1.165) is 12.8 Å². The molecule has 116 valence electrons. The van der Waals surface area contributed by atoms with Crippen molar-refractivity contribution < 1.29 is 9.90 Å². The first kappa shape index (κ1) is 18.9. The average Bonchev–Trinajstić information content (AvgIpc) is 2.43. The van der Waals surface area contributed by atoms with E-state index in [9.17, 15) is 4.79 Å². The molecule has 0 saturated heterocycles. The molecule has 1 N–H and O–H groups in total. The Morgan fingerprint density at radius 3 is 1.95 bits per heavy atom. The van der Waals surface area contributed by atoms with E-state index in [1.54, 1.807) is 0 Å². The Bertz CT molecular complexity index is 279. The molecule has 0 atom stereocenters. The van der Waals surface area contributed by atoms with Gasteiger partial charge < -0.3 is 5.11 Å². The maximum Gasteiger partial charge on any atom is 0.330 e. The second-order valence-corrected chi connectivity index (χ2v) is 5.54. The van der Waals surface area contributed by atoms with Crippen molar-refractivity contribution in [2.75, 3.05) is 0 Å². The number of rotatable bonds is 14. The van der Waals surface area contributed by atoms with Crippen LogP contribution in [0, 0.1) is 0 Å². The highest BCUT2D eigenvalue weighted by Gasteiger charge is 2.02. The van der Waals surface area contributed by atoms with Crippen molar-refractivity contribution in [3.05, 3.63) is 24.3 Å². The van der Waals surface area contributed by atoms with Gasteiger partial charge in [-0.1, -0.05) is 64.2 Å². The zero-order chi connectivity index (χ0) is 15.1. The molecule has 0 spiro atoms. The van der Waals surface area contributed by atoms with Gasteiger partial charge >= 0.3 is 5.97 Å². The molecule has 0 aliphatic carbocycles. The molecule has 0 fully saturated rings. The Hall–Kier alpha value is -1.05. The van der Waals surface area contributed by atoms with Crippen LogP contribution in [-0.2, 0) is 4.79 Å². The van der Waals surface area contributed by atoms with E-state index in [1.165, 1.54) is 57.8 Å². The molecule has 0 aromatic rings. The van der Waals surface area contributed by atoms with Gasteiger partial charge in [0.15, 0.2) is 0 Å². The lowest BCUT2D eigenvalue weighted by Gasteiger charge is -2.01. The van der Waals surface area contributed by atoms with Gasteiger partial charge in [0.1, 0.15) is 0 Å². The van der Waals surface area contributed by atoms with E-state index in [0.29, 0.717) is 12.0 Å². The molecule has 0 amide bonds. The van der Waals surface area contributed by atoms with Crippen molar-refractivity contribution in [1.82, 2.24) is 0 Å². The monoisotopic (exact) mass is 280 g/mol. The largest absolute Gasteiger partial charge is 0.478 e. The predicted octanol–water partition coefficient (Wildman–Crippen LogP) is 5.88. The summed E-state index contributed by atoms with van der Waals surface area (Å²) in [6, 6.07) is 0. The summed E-state index contributed by atoms with van der Waals surface area (Å²) in [4.78, 5) is 10.5. The number of carboxylic acids is 1. The topological polar surface area (TPSA) is 37.3 Å². The van der Waals surface area contributed by atoms with Crippen molar-refractivity contribution in [1.29, 1.82) is 0 Å². The second kappa shape index (κ2) is 14.4. The highest BCUT2D eigenvalue weighted by Crippen LogP contribution is 2.11. The van der Waals surface area contributed by atoms with Crippen LogP contribution in [0.2, 0.25) is 0 Å². The molecule has 2 nitrogen and oxygen atoms in total.